The van der Waals surface area contributed by atoms with Crippen LogP contribution in [-0.2, 0) is 4.74 Å². The van der Waals surface area contributed by atoms with Crippen LogP contribution in [0.2, 0.25) is 0 Å². The smallest absolute Gasteiger partial charge is 0.337 e. The normalized spacial score (nSPS) is 18.0. The highest BCUT2D eigenvalue weighted by Crippen LogP contribution is 2.36. The largest absolute Gasteiger partial charge is 0.465 e. The molecule has 0 spiro atoms. The number of hydrogen-bond donors (Lipinski definition) is 0. The lowest BCUT2D eigenvalue weighted by Crippen LogP contribution is -2.06. The van der Waals surface area contributed by atoms with E-state index < -0.39 is 11.2 Å². The molecule has 4 nitrogen and oxygen atoms in total. The van der Waals surface area contributed by atoms with Crippen molar-refractivity contribution in [1.29, 1.82) is 0 Å². The van der Waals surface area contributed by atoms with Crippen molar-refractivity contribution in [3.63, 3.8) is 0 Å². The lowest BCUT2D eigenvalue weighted by atomic mass is 10.2. The maximum absolute atomic E-state index is 11.2. The number of rotatable bonds is 1. The van der Waals surface area contributed by atoms with E-state index in [9.17, 15) is 4.79 Å². The third-order valence-corrected chi connectivity index (χ3v) is 2.18. The van der Waals surface area contributed by atoms with Gasteiger partial charge in [-0.2, -0.15) is 0 Å². The SMILES string of the molecule is COC(=O)c1ccc2c(c1)OC(Br)O2. The Labute approximate surface area is 88.9 Å². The van der Waals surface area contributed by atoms with Crippen molar-refractivity contribution in [1.82, 2.24) is 0 Å². The van der Waals surface area contributed by atoms with Crippen LogP contribution in [0, 0.1) is 0 Å². The van der Waals surface area contributed by atoms with E-state index in [1.807, 2.05) is 0 Å². The summed E-state index contributed by atoms with van der Waals surface area (Å²) in [4.78, 5) is 11.2. The predicted octanol–water partition coefficient (Wildman–Crippen LogP) is 1.92. The van der Waals surface area contributed by atoms with E-state index in [0.717, 1.165) is 0 Å². The van der Waals surface area contributed by atoms with Crippen LogP contribution in [0.15, 0.2) is 18.2 Å². The summed E-state index contributed by atoms with van der Waals surface area (Å²) in [7, 11) is 1.33. The molecule has 0 saturated carbocycles. The number of methoxy groups -OCH3 is 1. The molecule has 0 aromatic heterocycles. The molecule has 1 aliphatic heterocycles. The van der Waals surface area contributed by atoms with Crippen LogP contribution in [0.3, 0.4) is 0 Å². The van der Waals surface area contributed by atoms with Crippen molar-refractivity contribution in [2.75, 3.05) is 7.11 Å². The maximum atomic E-state index is 11.2. The van der Waals surface area contributed by atoms with Crippen molar-refractivity contribution in [2.45, 2.75) is 5.20 Å². The fourth-order valence-electron chi connectivity index (χ4n) is 1.17. The van der Waals surface area contributed by atoms with Crippen molar-refractivity contribution in [3.05, 3.63) is 23.8 Å². The topological polar surface area (TPSA) is 44.8 Å². The Hall–Kier alpha value is -1.23. The number of carbonyl (C=O) groups excluding carboxylic acids is 1. The minimum absolute atomic E-state index is 0.394. The third-order valence-electron chi connectivity index (χ3n) is 1.80. The van der Waals surface area contributed by atoms with E-state index in [4.69, 9.17) is 9.47 Å². The molecular formula is C9H7BrO4. The van der Waals surface area contributed by atoms with Crippen molar-refractivity contribution < 1.29 is 19.0 Å². The number of halogens is 1. The second-order valence-corrected chi connectivity index (χ2v) is 3.41. The van der Waals surface area contributed by atoms with Gasteiger partial charge < -0.3 is 14.2 Å². The van der Waals surface area contributed by atoms with Crippen LogP contribution in [0.5, 0.6) is 11.5 Å². The van der Waals surface area contributed by atoms with Gasteiger partial charge in [0.1, 0.15) is 0 Å². The van der Waals surface area contributed by atoms with E-state index >= 15 is 0 Å². The van der Waals surface area contributed by atoms with Crippen LogP contribution in [0.1, 0.15) is 10.4 Å². The quantitative estimate of drug-likeness (QED) is 0.571. The number of benzene rings is 1. The van der Waals surface area contributed by atoms with Crippen LogP contribution in [0.25, 0.3) is 0 Å². The molecule has 2 rings (SSSR count). The number of ether oxygens (including phenoxy) is 3. The van der Waals surface area contributed by atoms with Crippen LogP contribution < -0.4 is 9.47 Å². The molecule has 1 aliphatic rings. The lowest BCUT2D eigenvalue weighted by molar-refractivity contribution is 0.0600. The third kappa shape index (κ3) is 1.55. The molecule has 14 heavy (non-hydrogen) atoms. The Morgan fingerprint density at radius 3 is 2.86 bits per heavy atom. The van der Waals surface area contributed by atoms with Gasteiger partial charge in [0.05, 0.1) is 12.7 Å². The average molecular weight is 259 g/mol. The molecule has 0 saturated heterocycles. The number of esters is 1. The van der Waals surface area contributed by atoms with Gasteiger partial charge in [0.2, 0.25) is 0 Å². The first-order chi connectivity index (χ1) is 6.70. The molecule has 1 unspecified atom stereocenters. The summed E-state index contributed by atoms with van der Waals surface area (Å²) in [6.45, 7) is 0. The van der Waals surface area contributed by atoms with E-state index in [-0.39, 0.29) is 0 Å². The number of hydrogen-bond acceptors (Lipinski definition) is 4. The van der Waals surface area contributed by atoms with Gasteiger partial charge in [-0.15, -0.1) is 0 Å². The average Bonchev–Trinajstić information content (AvgIpc) is 2.55. The number of carbonyl (C=O) groups is 1. The monoisotopic (exact) mass is 258 g/mol. The van der Waals surface area contributed by atoms with Gasteiger partial charge in [-0.3, -0.25) is 0 Å². The number of fused-ring (bicyclic) bond motifs is 1. The summed E-state index contributed by atoms with van der Waals surface area (Å²) >= 11 is 3.14. The standard InChI is InChI=1S/C9H7BrO4/c1-12-8(11)5-2-3-6-7(4-5)14-9(10)13-6/h2-4,9H,1H3. The Morgan fingerprint density at radius 2 is 2.14 bits per heavy atom. The summed E-state index contributed by atoms with van der Waals surface area (Å²) in [6.07, 6.45) is 0. The maximum Gasteiger partial charge on any atom is 0.337 e. The van der Waals surface area contributed by atoms with E-state index in [1.165, 1.54) is 7.11 Å². The van der Waals surface area contributed by atoms with Crippen molar-refractivity contribution in [2.24, 2.45) is 0 Å². The predicted molar refractivity (Wildman–Crippen MR) is 51.8 cm³/mol. The van der Waals surface area contributed by atoms with Gasteiger partial charge in [0.15, 0.2) is 11.5 Å². The second-order valence-electron chi connectivity index (χ2n) is 2.66. The molecule has 0 aliphatic carbocycles. The molecular weight excluding hydrogens is 252 g/mol. The van der Waals surface area contributed by atoms with Gasteiger partial charge in [0, 0.05) is 15.9 Å². The molecule has 0 bridgehead atoms. The zero-order valence-corrected chi connectivity index (χ0v) is 8.91. The van der Waals surface area contributed by atoms with E-state index in [2.05, 4.69) is 20.7 Å². The van der Waals surface area contributed by atoms with Crippen LogP contribution >= 0.6 is 15.9 Å². The first kappa shape index (κ1) is 9.33. The summed E-state index contributed by atoms with van der Waals surface area (Å²) in [6, 6.07) is 4.88. The van der Waals surface area contributed by atoms with Gasteiger partial charge in [0.25, 0.3) is 5.20 Å². The molecule has 1 heterocycles. The summed E-state index contributed by atoms with van der Waals surface area (Å²) in [5.41, 5.74) is 0.441. The van der Waals surface area contributed by atoms with E-state index in [1.54, 1.807) is 18.2 Å². The zero-order valence-electron chi connectivity index (χ0n) is 7.32. The molecule has 5 heteroatoms. The van der Waals surface area contributed by atoms with Crippen LogP contribution in [-0.4, -0.2) is 18.3 Å². The molecule has 0 amide bonds. The highest BCUT2D eigenvalue weighted by Gasteiger charge is 2.22. The highest BCUT2D eigenvalue weighted by molar-refractivity contribution is 9.09. The molecule has 0 fully saturated rings. The molecule has 74 valence electrons. The van der Waals surface area contributed by atoms with Gasteiger partial charge >= 0.3 is 5.97 Å². The summed E-state index contributed by atoms with van der Waals surface area (Å²) < 4.78 is 15.0. The minimum Gasteiger partial charge on any atom is -0.465 e. The Bertz CT molecular complexity index is 377. The summed E-state index contributed by atoms with van der Waals surface area (Å²) in [5, 5.41) is -0.481. The second kappa shape index (κ2) is 3.49. The summed E-state index contributed by atoms with van der Waals surface area (Å²) in [5.74, 6) is 0.753. The molecule has 0 N–H and O–H groups in total. The first-order valence-electron chi connectivity index (χ1n) is 3.90. The lowest BCUT2D eigenvalue weighted by Gasteiger charge is -1.99. The fourth-order valence-corrected chi connectivity index (χ4v) is 1.57. The van der Waals surface area contributed by atoms with Gasteiger partial charge in [-0.25, -0.2) is 4.79 Å². The van der Waals surface area contributed by atoms with Gasteiger partial charge in [-0.05, 0) is 18.2 Å². The highest BCUT2D eigenvalue weighted by atomic mass is 79.9. The van der Waals surface area contributed by atoms with Crippen molar-refractivity contribution in [3.8, 4) is 11.5 Å². The Balaban J connectivity index is 2.33. The van der Waals surface area contributed by atoms with Crippen molar-refractivity contribution >= 4 is 21.9 Å². The van der Waals surface area contributed by atoms with E-state index in [0.29, 0.717) is 17.1 Å². The van der Waals surface area contributed by atoms with Gasteiger partial charge in [-0.1, -0.05) is 0 Å². The number of alkyl halides is 1. The molecule has 1 atom stereocenters. The fraction of sp³-hybridized carbons (Fsp3) is 0.222. The zero-order chi connectivity index (χ0) is 10.1. The molecule has 1 aromatic carbocycles. The molecule has 1 aromatic rings. The molecule has 0 radical (unpaired) electrons. The minimum atomic E-state index is -0.481. The Kier molecular flexibility index (Phi) is 2.33. The first-order valence-corrected chi connectivity index (χ1v) is 4.82. The Morgan fingerprint density at radius 1 is 1.43 bits per heavy atom. The van der Waals surface area contributed by atoms with Crippen LogP contribution in [0.4, 0.5) is 0 Å².